The molecule has 224 valence electrons. The lowest BCUT2D eigenvalue weighted by atomic mass is 9.77. The monoisotopic (exact) mass is 573 g/mol. The van der Waals surface area contributed by atoms with E-state index in [4.69, 9.17) is 14.2 Å². The van der Waals surface area contributed by atoms with E-state index in [2.05, 4.69) is 10.2 Å². The van der Waals surface area contributed by atoms with Gasteiger partial charge in [-0.3, -0.25) is 19.3 Å². The van der Waals surface area contributed by atoms with Gasteiger partial charge in [0.25, 0.3) is 0 Å². The molecule has 2 aliphatic heterocycles. The van der Waals surface area contributed by atoms with Gasteiger partial charge in [0.15, 0.2) is 11.5 Å². The van der Waals surface area contributed by atoms with E-state index in [9.17, 15) is 29.4 Å². The molecular weight excluding hydrogens is 534 g/mol. The predicted molar refractivity (Wildman–Crippen MR) is 147 cm³/mol. The summed E-state index contributed by atoms with van der Waals surface area (Å²) in [6, 6.07) is 2.23. The number of aliphatic hydroxyl groups excluding tert-OH is 2. The van der Waals surface area contributed by atoms with Crippen LogP contribution in [-0.2, 0) is 19.1 Å². The topological polar surface area (TPSA) is 155 Å². The van der Waals surface area contributed by atoms with Crippen molar-refractivity contribution in [3.63, 3.8) is 0 Å². The van der Waals surface area contributed by atoms with Gasteiger partial charge in [-0.25, -0.2) is 0 Å². The lowest BCUT2D eigenvalue weighted by molar-refractivity contribution is -0.137. The summed E-state index contributed by atoms with van der Waals surface area (Å²) < 4.78 is 17.1. The normalized spacial score (nSPS) is 23.5. The molecule has 2 heterocycles. The van der Waals surface area contributed by atoms with E-state index in [0.29, 0.717) is 68.2 Å². The van der Waals surface area contributed by atoms with E-state index >= 15 is 0 Å². The van der Waals surface area contributed by atoms with Gasteiger partial charge in [-0.2, -0.15) is 0 Å². The van der Waals surface area contributed by atoms with Crippen LogP contribution in [-0.4, -0.2) is 122 Å². The molecule has 3 N–H and O–H groups in total. The smallest absolute Gasteiger partial charge is 0.247 e. The minimum absolute atomic E-state index is 0.0108. The Morgan fingerprint density at radius 2 is 1.98 bits per heavy atom. The Balaban J connectivity index is 1.71. The molecule has 4 rings (SSSR count). The van der Waals surface area contributed by atoms with Crippen LogP contribution in [0.25, 0.3) is 0 Å². The fraction of sp³-hybridized carbons (Fsp3) is 0.586. The van der Waals surface area contributed by atoms with E-state index in [1.807, 2.05) is 0 Å². The Bertz CT molecular complexity index is 1160. The minimum Gasteiger partial charge on any atom is -0.493 e. The number of Topliss-reactive ketones (excluding diaryl/α,β-unsaturated/α-hetero) is 1. The van der Waals surface area contributed by atoms with Crippen molar-refractivity contribution in [1.29, 1.82) is 0 Å². The van der Waals surface area contributed by atoms with E-state index in [1.54, 1.807) is 17.0 Å². The maximum atomic E-state index is 13.6. The van der Waals surface area contributed by atoms with Crippen molar-refractivity contribution < 1.29 is 43.6 Å². The number of carbonyl (C=O) groups excluding carboxylic acids is 4. The molecule has 3 aliphatic rings. The highest BCUT2D eigenvalue weighted by Crippen LogP contribution is 2.51. The fourth-order valence-corrected chi connectivity index (χ4v) is 5.70. The Morgan fingerprint density at radius 3 is 2.63 bits per heavy atom. The number of hydrogen-bond donors (Lipinski definition) is 3. The standard InChI is InChI=1S/C29H39N3O9/c1-18(35)4-3-5-24(36)32(8-7-31-9-12-40-13-10-31)22-16-21(29(38)30-6-11-33)25-20-14-19(17-34)15-23(39-2)27(20)41-28(25)26(22)37/h14-17,22,25-26,28,33,37H,3-13H2,1-2H3,(H,30,38). The highest BCUT2D eigenvalue weighted by molar-refractivity contribution is 5.96. The second-order valence-electron chi connectivity index (χ2n) is 10.5. The molecule has 4 unspecified atom stereocenters. The Labute approximate surface area is 239 Å². The van der Waals surface area contributed by atoms with E-state index in [-0.39, 0.29) is 49.8 Å². The lowest BCUT2D eigenvalue weighted by Gasteiger charge is -2.41. The van der Waals surface area contributed by atoms with Crippen LogP contribution < -0.4 is 14.8 Å². The third kappa shape index (κ3) is 6.95. The molecule has 1 fully saturated rings. The van der Waals surface area contributed by atoms with Gasteiger partial charge >= 0.3 is 0 Å². The number of morpholine rings is 1. The highest BCUT2D eigenvalue weighted by Gasteiger charge is 2.51. The predicted octanol–water partition coefficient (Wildman–Crippen LogP) is 0.0504. The number of ketones is 1. The van der Waals surface area contributed by atoms with Crippen molar-refractivity contribution in [2.24, 2.45) is 0 Å². The first kappa shape index (κ1) is 30.6. The van der Waals surface area contributed by atoms with Crippen LogP contribution in [0.3, 0.4) is 0 Å². The molecule has 41 heavy (non-hydrogen) atoms. The first-order chi connectivity index (χ1) is 19.8. The zero-order valence-electron chi connectivity index (χ0n) is 23.5. The number of nitrogens with zero attached hydrogens (tertiary/aromatic N) is 2. The quantitative estimate of drug-likeness (QED) is 0.276. The second-order valence-corrected chi connectivity index (χ2v) is 10.5. The molecule has 0 spiro atoms. The van der Waals surface area contributed by atoms with Gasteiger partial charge < -0.3 is 39.4 Å². The molecular formula is C29H39N3O9. The van der Waals surface area contributed by atoms with Crippen LogP contribution in [0.1, 0.15) is 48.0 Å². The average Bonchev–Trinajstić information content (AvgIpc) is 3.36. The van der Waals surface area contributed by atoms with Gasteiger partial charge in [0.2, 0.25) is 11.8 Å². The molecule has 12 heteroatoms. The summed E-state index contributed by atoms with van der Waals surface area (Å²) in [5.41, 5.74) is 1.10. The molecule has 12 nitrogen and oxygen atoms in total. The van der Waals surface area contributed by atoms with Crippen molar-refractivity contribution in [1.82, 2.24) is 15.1 Å². The zero-order chi connectivity index (χ0) is 29.5. The third-order valence-corrected chi connectivity index (χ3v) is 7.77. The Hall–Kier alpha value is -3.32. The molecule has 1 aliphatic carbocycles. The number of hydrogen-bond acceptors (Lipinski definition) is 10. The van der Waals surface area contributed by atoms with Crippen molar-refractivity contribution in [2.45, 2.75) is 50.4 Å². The van der Waals surface area contributed by atoms with Gasteiger partial charge in [-0.05, 0) is 31.6 Å². The summed E-state index contributed by atoms with van der Waals surface area (Å²) >= 11 is 0. The number of fused-ring (bicyclic) bond motifs is 3. The summed E-state index contributed by atoms with van der Waals surface area (Å²) in [6.07, 6.45) is 0.854. The van der Waals surface area contributed by atoms with E-state index < -0.39 is 30.1 Å². The van der Waals surface area contributed by atoms with Gasteiger partial charge in [0.1, 0.15) is 24.3 Å². The molecule has 1 aromatic carbocycles. The van der Waals surface area contributed by atoms with Crippen LogP contribution in [0, 0.1) is 0 Å². The zero-order valence-corrected chi connectivity index (χ0v) is 23.5. The van der Waals surface area contributed by atoms with Crippen LogP contribution in [0.2, 0.25) is 0 Å². The summed E-state index contributed by atoms with van der Waals surface area (Å²) in [7, 11) is 1.44. The van der Waals surface area contributed by atoms with Crippen LogP contribution in [0.5, 0.6) is 11.5 Å². The molecule has 0 saturated carbocycles. The number of carbonyl (C=O) groups is 4. The van der Waals surface area contributed by atoms with E-state index in [1.165, 1.54) is 20.1 Å². The maximum Gasteiger partial charge on any atom is 0.247 e. The molecule has 0 aromatic heterocycles. The number of benzene rings is 1. The number of ether oxygens (including phenoxy) is 3. The Kier molecular flexibility index (Phi) is 10.5. The highest BCUT2D eigenvalue weighted by atomic mass is 16.5. The number of aldehydes is 1. The number of aliphatic hydroxyl groups is 2. The van der Waals surface area contributed by atoms with Crippen molar-refractivity contribution in [3.05, 3.63) is 34.9 Å². The van der Waals surface area contributed by atoms with Gasteiger partial charge in [0, 0.05) is 62.3 Å². The van der Waals surface area contributed by atoms with Gasteiger partial charge in [-0.1, -0.05) is 0 Å². The number of rotatable bonds is 13. The maximum absolute atomic E-state index is 13.6. The molecule has 1 saturated heterocycles. The summed E-state index contributed by atoms with van der Waals surface area (Å²) in [5.74, 6) is -0.859. The second kappa shape index (κ2) is 14.0. The summed E-state index contributed by atoms with van der Waals surface area (Å²) in [6.45, 7) is 4.65. The van der Waals surface area contributed by atoms with Gasteiger partial charge in [-0.15, -0.1) is 0 Å². The molecule has 0 radical (unpaired) electrons. The number of nitrogens with one attached hydrogen (secondary N) is 1. The fourth-order valence-electron chi connectivity index (χ4n) is 5.70. The van der Waals surface area contributed by atoms with Crippen molar-refractivity contribution in [3.8, 4) is 11.5 Å². The molecule has 2 amide bonds. The number of amides is 2. The van der Waals surface area contributed by atoms with Crippen molar-refractivity contribution >= 4 is 23.9 Å². The van der Waals surface area contributed by atoms with Crippen molar-refractivity contribution in [2.75, 3.05) is 59.7 Å². The molecule has 4 atom stereocenters. The number of methoxy groups -OCH3 is 1. The first-order valence-electron chi connectivity index (χ1n) is 14.0. The first-order valence-corrected chi connectivity index (χ1v) is 14.0. The lowest BCUT2D eigenvalue weighted by Crippen LogP contribution is -2.57. The van der Waals surface area contributed by atoms with E-state index in [0.717, 1.165) is 0 Å². The van der Waals surface area contributed by atoms with Crippen LogP contribution >= 0.6 is 0 Å². The third-order valence-electron chi connectivity index (χ3n) is 7.77. The van der Waals surface area contributed by atoms with Crippen LogP contribution in [0.15, 0.2) is 23.8 Å². The SMILES string of the molecule is COc1cc(C=O)cc2c1OC1C2C(C(=O)NCCO)=CC(N(CCN2CCOCC2)C(=O)CCCC(C)=O)C1O. The summed E-state index contributed by atoms with van der Waals surface area (Å²) in [4.78, 5) is 53.9. The van der Waals surface area contributed by atoms with Crippen LogP contribution in [0.4, 0.5) is 0 Å². The largest absolute Gasteiger partial charge is 0.493 e. The Morgan fingerprint density at radius 1 is 1.22 bits per heavy atom. The average molecular weight is 574 g/mol. The molecule has 1 aromatic rings. The van der Waals surface area contributed by atoms with Gasteiger partial charge in [0.05, 0.1) is 38.9 Å². The molecule has 0 bridgehead atoms. The summed E-state index contributed by atoms with van der Waals surface area (Å²) in [5, 5.41) is 23.7. The minimum atomic E-state index is -1.22.